The van der Waals surface area contributed by atoms with Gasteiger partial charge in [0, 0.05) is 17.6 Å². The molecule has 1 aliphatic carbocycles. The second-order valence-electron chi connectivity index (χ2n) is 4.24. The minimum absolute atomic E-state index is 0.599. The zero-order valence-electron chi connectivity index (χ0n) is 9.45. The molecule has 1 aliphatic rings. The number of nitrogens with two attached hydrogens (primary N) is 1. The van der Waals surface area contributed by atoms with Gasteiger partial charge < -0.3 is 15.4 Å². The molecular weight excluding hydrogens is 224 g/mol. The average molecular weight is 241 g/mol. The molecule has 0 spiro atoms. The van der Waals surface area contributed by atoms with Crippen LogP contribution in [0.5, 0.6) is 5.75 Å². The number of likely N-dealkylation sites (N-methyl/N-ethyl adjacent to an activating group) is 1. The van der Waals surface area contributed by atoms with Gasteiger partial charge in [-0.25, -0.2) is 0 Å². The molecule has 1 fully saturated rings. The van der Waals surface area contributed by atoms with Crippen LogP contribution in [0.4, 0.5) is 5.69 Å². The molecule has 1 saturated carbocycles. The Labute approximate surface area is 101 Å². The Bertz CT molecular complexity index is 366. The molecular formula is C12H17ClN2O. The van der Waals surface area contributed by atoms with Crippen molar-refractivity contribution in [2.45, 2.75) is 18.9 Å². The first kappa shape index (κ1) is 11.6. The Kier molecular flexibility index (Phi) is 3.56. The van der Waals surface area contributed by atoms with Crippen molar-refractivity contribution in [2.24, 2.45) is 0 Å². The molecule has 0 heterocycles. The predicted molar refractivity (Wildman–Crippen MR) is 67.0 cm³/mol. The van der Waals surface area contributed by atoms with Crippen molar-refractivity contribution in [2.75, 3.05) is 25.9 Å². The largest absolute Gasteiger partial charge is 0.490 e. The number of rotatable bonds is 5. The van der Waals surface area contributed by atoms with E-state index in [1.54, 1.807) is 12.1 Å². The van der Waals surface area contributed by atoms with Gasteiger partial charge in [0.25, 0.3) is 0 Å². The molecule has 0 bridgehead atoms. The Hall–Kier alpha value is -0.930. The standard InChI is InChI=1S/C12H17ClN2O/c1-15(10-3-4-10)6-7-16-12-5-2-9(13)8-11(12)14/h2,5,8,10H,3-4,6-7,14H2,1H3. The quantitative estimate of drug-likeness (QED) is 0.804. The van der Waals surface area contributed by atoms with Gasteiger partial charge in [0.2, 0.25) is 0 Å². The Balaban J connectivity index is 1.80. The molecule has 2 rings (SSSR count). The molecule has 16 heavy (non-hydrogen) atoms. The predicted octanol–water partition coefficient (Wildman–Crippen LogP) is 2.40. The average Bonchev–Trinajstić information content (AvgIpc) is 3.04. The molecule has 0 amide bonds. The van der Waals surface area contributed by atoms with Crippen molar-refractivity contribution in [3.8, 4) is 5.75 Å². The molecule has 2 N–H and O–H groups in total. The third-order valence-electron chi connectivity index (χ3n) is 2.84. The summed E-state index contributed by atoms with van der Waals surface area (Å²) < 4.78 is 5.62. The molecule has 0 atom stereocenters. The fraction of sp³-hybridized carbons (Fsp3) is 0.500. The second-order valence-corrected chi connectivity index (χ2v) is 4.68. The normalized spacial score (nSPS) is 15.4. The molecule has 88 valence electrons. The van der Waals surface area contributed by atoms with E-state index >= 15 is 0 Å². The summed E-state index contributed by atoms with van der Waals surface area (Å²) in [7, 11) is 2.13. The summed E-state index contributed by atoms with van der Waals surface area (Å²) >= 11 is 5.81. The number of ether oxygens (including phenoxy) is 1. The summed E-state index contributed by atoms with van der Waals surface area (Å²) in [4.78, 5) is 2.33. The van der Waals surface area contributed by atoms with E-state index in [4.69, 9.17) is 22.1 Å². The van der Waals surface area contributed by atoms with E-state index in [-0.39, 0.29) is 0 Å². The highest BCUT2D eigenvalue weighted by molar-refractivity contribution is 6.30. The first-order valence-electron chi connectivity index (χ1n) is 5.55. The SMILES string of the molecule is CN(CCOc1ccc(Cl)cc1N)C1CC1. The topological polar surface area (TPSA) is 38.5 Å². The first-order valence-corrected chi connectivity index (χ1v) is 5.92. The number of halogens is 1. The number of hydrogen-bond acceptors (Lipinski definition) is 3. The van der Waals surface area contributed by atoms with Crippen molar-refractivity contribution in [1.82, 2.24) is 4.90 Å². The number of benzene rings is 1. The van der Waals surface area contributed by atoms with Crippen LogP contribution in [0, 0.1) is 0 Å². The van der Waals surface area contributed by atoms with Gasteiger partial charge in [-0.2, -0.15) is 0 Å². The van der Waals surface area contributed by atoms with Crippen molar-refractivity contribution in [3.63, 3.8) is 0 Å². The molecule has 4 heteroatoms. The van der Waals surface area contributed by atoms with Crippen molar-refractivity contribution >= 4 is 17.3 Å². The van der Waals surface area contributed by atoms with Gasteiger partial charge in [-0.1, -0.05) is 11.6 Å². The molecule has 0 saturated heterocycles. The lowest BCUT2D eigenvalue weighted by molar-refractivity contribution is 0.232. The lowest BCUT2D eigenvalue weighted by atomic mass is 10.3. The van der Waals surface area contributed by atoms with Gasteiger partial charge in [0.15, 0.2) is 0 Å². The van der Waals surface area contributed by atoms with Crippen LogP contribution in [0.3, 0.4) is 0 Å². The van der Waals surface area contributed by atoms with Crippen molar-refractivity contribution in [1.29, 1.82) is 0 Å². The van der Waals surface area contributed by atoms with Crippen molar-refractivity contribution < 1.29 is 4.74 Å². The van der Waals surface area contributed by atoms with Gasteiger partial charge in [-0.3, -0.25) is 0 Å². The van der Waals surface area contributed by atoms with E-state index in [2.05, 4.69) is 11.9 Å². The van der Waals surface area contributed by atoms with E-state index in [1.165, 1.54) is 12.8 Å². The minimum atomic E-state index is 0.599. The van der Waals surface area contributed by atoms with Gasteiger partial charge in [0.1, 0.15) is 12.4 Å². The van der Waals surface area contributed by atoms with E-state index in [1.807, 2.05) is 6.07 Å². The highest BCUT2D eigenvalue weighted by atomic mass is 35.5. The van der Waals surface area contributed by atoms with Gasteiger partial charge >= 0.3 is 0 Å². The maximum absolute atomic E-state index is 5.81. The van der Waals surface area contributed by atoms with Crippen LogP contribution in [-0.2, 0) is 0 Å². The van der Waals surface area contributed by atoms with Crippen LogP contribution in [0.1, 0.15) is 12.8 Å². The van der Waals surface area contributed by atoms with Gasteiger partial charge in [-0.05, 0) is 38.1 Å². The summed E-state index contributed by atoms with van der Waals surface area (Å²) in [5.41, 5.74) is 6.39. The van der Waals surface area contributed by atoms with E-state index in [0.717, 1.165) is 12.6 Å². The van der Waals surface area contributed by atoms with Gasteiger partial charge in [-0.15, -0.1) is 0 Å². The zero-order valence-corrected chi connectivity index (χ0v) is 10.2. The highest BCUT2D eigenvalue weighted by Gasteiger charge is 2.25. The summed E-state index contributed by atoms with van der Waals surface area (Å²) in [6, 6.07) is 6.08. The van der Waals surface area contributed by atoms with Crippen molar-refractivity contribution in [3.05, 3.63) is 23.2 Å². The highest BCUT2D eigenvalue weighted by Crippen LogP contribution is 2.26. The van der Waals surface area contributed by atoms with Crippen LogP contribution in [0.15, 0.2) is 18.2 Å². The summed E-state index contributed by atoms with van der Waals surface area (Å²) in [6.07, 6.45) is 2.64. The zero-order chi connectivity index (χ0) is 11.5. The maximum atomic E-state index is 5.81. The molecule has 3 nitrogen and oxygen atoms in total. The number of anilines is 1. The molecule has 0 unspecified atom stereocenters. The summed E-state index contributed by atoms with van der Waals surface area (Å²) in [5, 5.41) is 0.639. The molecule has 0 aliphatic heterocycles. The second kappa shape index (κ2) is 4.93. The maximum Gasteiger partial charge on any atom is 0.142 e. The molecule has 0 aromatic heterocycles. The number of nitrogens with zero attached hydrogens (tertiary/aromatic N) is 1. The lowest BCUT2D eigenvalue weighted by Gasteiger charge is -2.16. The Morgan fingerprint density at radius 2 is 2.25 bits per heavy atom. The Morgan fingerprint density at radius 1 is 1.50 bits per heavy atom. The number of hydrogen-bond donors (Lipinski definition) is 1. The molecule has 1 aromatic rings. The van der Waals surface area contributed by atoms with E-state index < -0.39 is 0 Å². The van der Waals surface area contributed by atoms with Crippen LogP contribution < -0.4 is 10.5 Å². The van der Waals surface area contributed by atoms with E-state index in [0.29, 0.717) is 23.1 Å². The van der Waals surface area contributed by atoms with E-state index in [9.17, 15) is 0 Å². The van der Waals surface area contributed by atoms with Crippen LogP contribution in [0.25, 0.3) is 0 Å². The third-order valence-corrected chi connectivity index (χ3v) is 3.08. The minimum Gasteiger partial charge on any atom is -0.490 e. The summed E-state index contributed by atoms with van der Waals surface area (Å²) in [6.45, 7) is 1.60. The molecule has 0 radical (unpaired) electrons. The van der Waals surface area contributed by atoms with Crippen LogP contribution in [0.2, 0.25) is 5.02 Å². The lowest BCUT2D eigenvalue weighted by Crippen LogP contribution is -2.26. The van der Waals surface area contributed by atoms with Crippen LogP contribution in [-0.4, -0.2) is 31.1 Å². The van der Waals surface area contributed by atoms with Crippen LogP contribution >= 0.6 is 11.6 Å². The third kappa shape index (κ3) is 3.03. The first-order chi connectivity index (χ1) is 7.66. The fourth-order valence-corrected chi connectivity index (χ4v) is 1.83. The molecule has 1 aromatic carbocycles. The number of nitrogen functional groups attached to an aromatic ring is 1. The Morgan fingerprint density at radius 3 is 2.88 bits per heavy atom. The smallest absolute Gasteiger partial charge is 0.142 e. The monoisotopic (exact) mass is 240 g/mol. The van der Waals surface area contributed by atoms with Gasteiger partial charge in [0.05, 0.1) is 5.69 Å². The fourth-order valence-electron chi connectivity index (χ4n) is 1.65. The summed E-state index contributed by atoms with van der Waals surface area (Å²) in [5.74, 6) is 0.716.